The summed E-state index contributed by atoms with van der Waals surface area (Å²) in [6.07, 6.45) is 2.82. The first-order valence-electron chi connectivity index (χ1n) is 9.52. The Labute approximate surface area is 183 Å². The minimum absolute atomic E-state index is 0.0183. The van der Waals surface area contributed by atoms with Crippen molar-refractivity contribution in [3.63, 3.8) is 0 Å². The van der Waals surface area contributed by atoms with E-state index in [1.54, 1.807) is 37.3 Å². The van der Waals surface area contributed by atoms with Gasteiger partial charge in [0.15, 0.2) is 0 Å². The summed E-state index contributed by atoms with van der Waals surface area (Å²) in [5.41, 5.74) is 1.12. The largest absolute Gasteiger partial charge is 0.460 e. The third-order valence-electron chi connectivity index (χ3n) is 4.23. The van der Waals surface area contributed by atoms with Crippen molar-refractivity contribution in [3.8, 4) is 0 Å². The Morgan fingerprint density at radius 3 is 2.44 bits per heavy atom. The van der Waals surface area contributed by atoms with Gasteiger partial charge in [0.25, 0.3) is 0 Å². The second-order valence-electron chi connectivity index (χ2n) is 6.40. The Bertz CT molecular complexity index is 1360. The van der Waals surface area contributed by atoms with E-state index in [0.717, 1.165) is 0 Å². The normalized spacial score (nSPS) is 11.2. The van der Waals surface area contributed by atoms with Crippen molar-refractivity contribution in [1.29, 1.82) is 0 Å². The molecule has 0 amide bonds. The molecule has 2 aromatic heterocycles. The van der Waals surface area contributed by atoms with Crippen molar-refractivity contribution in [2.45, 2.75) is 11.8 Å². The van der Waals surface area contributed by atoms with E-state index < -0.39 is 16.0 Å². The van der Waals surface area contributed by atoms with Crippen molar-refractivity contribution >= 4 is 44.3 Å². The van der Waals surface area contributed by atoms with Crippen LogP contribution in [-0.4, -0.2) is 40.9 Å². The van der Waals surface area contributed by atoms with Crippen LogP contribution >= 0.6 is 0 Å². The molecule has 0 aliphatic rings. The lowest BCUT2D eigenvalue weighted by Crippen LogP contribution is -2.11. The van der Waals surface area contributed by atoms with E-state index in [2.05, 4.69) is 30.0 Å². The van der Waals surface area contributed by atoms with Gasteiger partial charge in [-0.15, -0.1) is 0 Å². The molecule has 0 aliphatic heterocycles. The number of carbonyl (C=O) groups excluding carboxylic acids is 1. The monoisotopic (exact) mass is 449 g/mol. The van der Waals surface area contributed by atoms with E-state index in [9.17, 15) is 13.2 Å². The maximum absolute atomic E-state index is 12.5. The topological polar surface area (TPSA) is 138 Å². The molecule has 10 nitrogen and oxygen atoms in total. The average molecular weight is 449 g/mol. The number of hydrogen-bond donors (Lipinski definition) is 1. The number of esters is 1. The second-order valence-corrected chi connectivity index (χ2v) is 8.00. The Hall–Kier alpha value is -4.12. The summed E-state index contributed by atoms with van der Waals surface area (Å²) < 4.78 is 33.6. The van der Waals surface area contributed by atoms with Gasteiger partial charge < -0.3 is 20.0 Å². The number of ether oxygens (including phenoxy) is 1. The van der Waals surface area contributed by atoms with Crippen LogP contribution in [0.15, 0.2) is 71.9 Å². The molecule has 32 heavy (non-hydrogen) atoms. The number of carbonyl (C=O) groups is 1. The number of nitrogens with one attached hydrogen (secondary N) is 1. The smallest absolute Gasteiger partial charge is 0.376 e. The molecule has 4 aromatic rings. The van der Waals surface area contributed by atoms with Gasteiger partial charge in [0.05, 0.1) is 17.0 Å². The number of rotatable bonds is 7. The van der Waals surface area contributed by atoms with Gasteiger partial charge in [-0.2, -0.15) is 0 Å². The number of benzene rings is 2. The Kier molecular flexibility index (Phi) is 5.90. The first kappa shape index (κ1) is 21.1. The van der Waals surface area contributed by atoms with Crippen LogP contribution in [-0.2, 0) is 14.8 Å². The molecule has 0 atom stereocenters. The molecule has 0 aliphatic carbocycles. The van der Waals surface area contributed by atoms with Gasteiger partial charge in [0.1, 0.15) is 5.82 Å². The highest BCUT2D eigenvalue weighted by molar-refractivity contribution is 7.94. The lowest BCUT2D eigenvalue weighted by Gasteiger charge is -2.13. The van der Waals surface area contributed by atoms with E-state index in [-0.39, 0.29) is 23.3 Å². The van der Waals surface area contributed by atoms with Crippen LogP contribution in [0.4, 0.5) is 17.5 Å². The Balaban J connectivity index is 1.61. The minimum atomic E-state index is -3.98. The number of aromatic nitrogens is 4. The summed E-state index contributed by atoms with van der Waals surface area (Å²) in [6, 6.07) is 14.7. The van der Waals surface area contributed by atoms with Crippen LogP contribution < -0.4 is 5.32 Å². The number of anilines is 2. The zero-order valence-electron chi connectivity index (χ0n) is 16.8. The zero-order valence-corrected chi connectivity index (χ0v) is 17.7. The van der Waals surface area contributed by atoms with E-state index in [4.69, 9.17) is 4.74 Å². The molecule has 0 radical (unpaired) electrons. The molecule has 11 heteroatoms. The van der Waals surface area contributed by atoms with Crippen molar-refractivity contribution in [3.05, 3.63) is 77.5 Å². The van der Waals surface area contributed by atoms with Crippen LogP contribution in [0.1, 0.15) is 17.5 Å². The molecule has 162 valence electrons. The third kappa shape index (κ3) is 4.62. The van der Waals surface area contributed by atoms with Gasteiger partial charge >= 0.3 is 5.97 Å². The number of nitrogens with zero attached hydrogens (tertiary/aromatic N) is 5. The third-order valence-corrected chi connectivity index (χ3v) is 5.50. The lowest BCUT2D eigenvalue weighted by molar-refractivity contribution is 0.0512. The maximum Gasteiger partial charge on any atom is 0.376 e. The van der Waals surface area contributed by atoms with Crippen LogP contribution in [0.5, 0.6) is 0 Å². The standard InChI is InChI=1S/C21H17N6O4S/c1-2-31-20(28)19-25-17-7-4-3-6-16(17)18(26-19)24-14-8-10-15(11-9-14)32(29,30)27-21-22-12-5-13-23-21/h3-13H,2H2,1H3,(H-,22,23,24,25,26,27)/q-1. The minimum Gasteiger partial charge on any atom is -0.460 e. The van der Waals surface area contributed by atoms with E-state index in [1.807, 2.05) is 12.1 Å². The number of hydrogen-bond acceptors (Lipinski definition) is 9. The molecular weight excluding hydrogens is 432 g/mol. The van der Waals surface area contributed by atoms with Crippen LogP contribution in [0.25, 0.3) is 15.6 Å². The molecule has 0 saturated carbocycles. The quantitative estimate of drug-likeness (QED) is 0.418. The highest BCUT2D eigenvalue weighted by atomic mass is 32.2. The first-order valence-corrected chi connectivity index (χ1v) is 11.0. The lowest BCUT2D eigenvalue weighted by atomic mass is 10.2. The number of fused-ring (bicyclic) bond motifs is 1. The highest BCUT2D eigenvalue weighted by Crippen LogP contribution is 2.27. The van der Waals surface area contributed by atoms with Crippen molar-refractivity contribution < 1.29 is 17.9 Å². The van der Waals surface area contributed by atoms with Crippen LogP contribution in [0.2, 0.25) is 0 Å². The molecule has 2 heterocycles. The summed E-state index contributed by atoms with van der Waals surface area (Å²) in [6.45, 7) is 1.90. The summed E-state index contributed by atoms with van der Waals surface area (Å²) in [4.78, 5) is 28.3. The fourth-order valence-electron chi connectivity index (χ4n) is 2.80. The SMILES string of the molecule is CCOC(=O)c1nc(Nc2ccc(S(=O)(=O)[N-]c3ncccn3)cc2)c2ccccc2n1. The molecule has 0 unspecified atom stereocenters. The molecular formula is C21H17N6O4S-. The average Bonchev–Trinajstić information content (AvgIpc) is 2.80. The summed E-state index contributed by atoms with van der Waals surface area (Å²) in [7, 11) is -3.98. The molecule has 0 saturated heterocycles. The van der Waals surface area contributed by atoms with Crippen LogP contribution in [0, 0.1) is 0 Å². The van der Waals surface area contributed by atoms with Gasteiger partial charge in [0, 0.05) is 17.0 Å². The second kappa shape index (κ2) is 8.94. The van der Waals surface area contributed by atoms with Crippen molar-refractivity contribution in [2.75, 3.05) is 11.9 Å². The summed E-state index contributed by atoms with van der Waals surface area (Å²) >= 11 is 0. The van der Waals surface area contributed by atoms with Crippen molar-refractivity contribution in [2.24, 2.45) is 0 Å². The van der Waals surface area contributed by atoms with E-state index in [0.29, 0.717) is 22.4 Å². The Morgan fingerprint density at radius 2 is 1.72 bits per heavy atom. The molecule has 0 bridgehead atoms. The molecule has 0 fully saturated rings. The molecule has 4 rings (SSSR count). The number of para-hydroxylation sites is 1. The maximum atomic E-state index is 12.5. The predicted molar refractivity (Wildman–Crippen MR) is 117 cm³/mol. The van der Waals surface area contributed by atoms with Gasteiger partial charge in [0.2, 0.25) is 15.8 Å². The predicted octanol–water partition coefficient (Wildman–Crippen LogP) is 3.73. The summed E-state index contributed by atoms with van der Waals surface area (Å²) in [5.74, 6) is -0.466. The van der Waals surface area contributed by atoms with E-state index in [1.165, 1.54) is 24.5 Å². The van der Waals surface area contributed by atoms with Gasteiger partial charge in [-0.25, -0.2) is 23.2 Å². The van der Waals surface area contributed by atoms with E-state index >= 15 is 0 Å². The van der Waals surface area contributed by atoms with Crippen molar-refractivity contribution in [1.82, 2.24) is 19.9 Å². The van der Waals surface area contributed by atoms with Gasteiger partial charge in [-0.3, -0.25) is 4.72 Å². The first-order chi connectivity index (χ1) is 15.5. The fourth-order valence-corrected chi connectivity index (χ4v) is 3.70. The number of sulfonamides is 1. The molecule has 1 N–H and O–H groups in total. The van der Waals surface area contributed by atoms with Gasteiger partial charge in [-0.05, 0) is 55.7 Å². The zero-order chi connectivity index (χ0) is 22.6. The molecule has 2 aromatic carbocycles. The van der Waals surface area contributed by atoms with Crippen LogP contribution in [0.3, 0.4) is 0 Å². The highest BCUT2D eigenvalue weighted by Gasteiger charge is 2.16. The fraction of sp³-hybridized carbons (Fsp3) is 0.0952. The Morgan fingerprint density at radius 1 is 1.00 bits per heavy atom. The molecule has 0 spiro atoms. The van der Waals surface area contributed by atoms with Gasteiger partial charge in [-0.1, -0.05) is 18.2 Å². The summed E-state index contributed by atoms with van der Waals surface area (Å²) in [5, 5.41) is 3.79.